The second kappa shape index (κ2) is 9.45. The van der Waals surface area contributed by atoms with Crippen molar-refractivity contribution < 1.29 is 14.3 Å². The zero-order valence-electron chi connectivity index (χ0n) is 15.7. The maximum absolute atomic E-state index is 12.1. The van der Waals surface area contributed by atoms with Crippen molar-refractivity contribution in [3.05, 3.63) is 72.2 Å². The average Bonchev–Trinajstić information content (AvgIpc) is 3.13. The zero-order valence-corrected chi connectivity index (χ0v) is 15.7. The van der Waals surface area contributed by atoms with Crippen LogP contribution in [0, 0.1) is 0 Å². The van der Waals surface area contributed by atoms with Crippen molar-refractivity contribution >= 4 is 17.5 Å². The first-order chi connectivity index (χ1) is 13.6. The van der Waals surface area contributed by atoms with Crippen molar-refractivity contribution in [3.63, 3.8) is 0 Å². The van der Waals surface area contributed by atoms with Crippen LogP contribution in [0.1, 0.15) is 24.5 Å². The first-order valence-corrected chi connectivity index (χ1v) is 9.02. The minimum atomic E-state index is -0.285. The van der Waals surface area contributed by atoms with Crippen molar-refractivity contribution in [1.29, 1.82) is 0 Å². The lowest BCUT2D eigenvalue weighted by atomic mass is 10.1. The summed E-state index contributed by atoms with van der Waals surface area (Å²) in [5.74, 6) is 0.952. The SMILES string of the molecule is CC(=O)CCc1ccc(OCC(=O)Nc2ccn(Cc3cccnc3)n2)cc1. The van der Waals surface area contributed by atoms with Crippen molar-refractivity contribution in [3.8, 4) is 5.75 Å². The van der Waals surface area contributed by atoms with Gasteiger partial charge >= 0.3 is 0 Å². The highest BCUT2D eigenvalue weighted by Gasteiger charge is 2.07. The molecule has 0 aliphatic rings. The number of carbonyl (C=O) groups is 2. The van der Waals surface area contributed by atoms with E-state index < -0.39 is 0 Å². The molecule has 3 aromatic rings. The van der Waals surface area contributed by atoms with Gasteiger partial charge in [0.05, 0.1) is 6.54 Å². The summed E-state index contributed by atoms with van der Waals surface area (Å²) in [6.07, 6.45) is 6.52. The summed E-state index contributed by atoms with van der Waals surface area (Å²) in [5, 5.41) is 7.03. The monoisotopic (exact) mass is 378 g/mol. The van der Waals surface area contributed by atoms with Crippen LogP contribution < -0.4 is 10.1 Å². The molecular formula is C21H22N4O3. The molecule has 0 aliphatic heterocycles. The average molecular weight is 378 g/mol. The topological polar surface area (TPSA) is 86.1 Å². The molecule has 0 unspecified atom stereocenters. The minimum Gasteiger partial charge on any atom is -0.484 e. The third-order valence-corrected chi connectivity index (χ3v) is 4.03. The molecule has 2 aromatic heterocycles. The number of amides is 1. The summed E-state index contributed by atoms with van der Waals surface area (Å²) < 4.78 is 7.23. The van der Waals surface area contributed by atoms with Crippen LogP contribution in [-0.2, 0) is 22.6 Å². The van der Waals surface area contributed by atoms with Crippen LogP contribution >= 0.6 is 0 Å². The summed E-state index contributed by atoms with van der Waals surface area (Å²) in [6, 6.07) is 13.0. The Labute approximate surface area is 163 Å². The number of Topliss-reactive ketones (excluding diaryl/α,β-unsaturated/α-hetero) is 1. The van der Waals surface area contributed by atoms with E-state index in [2.05, 4.69) is 15.4 Å². The van der Waals surface area contributed by atoms with E-state index in [4.69, 9.17) is 4.74 Å². The van der Waals surface area contributed by atoms with Crippen LogP contribution in [0.25, 0.3) is 0 Å². The van der Waals surface area contributed by atoms with E-state index in [9.17, 15) is 9.59 Å². The number of pyridine rings is 1. The number of aromatic nitrogens is 3. The number of anilines is 1. The molecule has 0 fully saturated rings. The summed E-state index contributed by atoms with van der Waals surface area (Å²) in [4.78, 5) is 27.2. The lowest BCUT2D eigenvalue weighted by Crippen LogP contribution is -2.20. The molecule has 0 saturated heterocycles. The first-order valence-electron chi connectivity index (χ1n) is 9.02. The molecule has 3 rings (SSSR count). The number of rotatable bonds is 9. The van der Waals surface area contributed by atoms with Gasteiger partial charge in [-0.05, 0) is 42.7 Å². The number of nitrogens with zero attached hydrogens (tertiary/aromatic N) is 3. The minimum absolute atomic E-state index is 0.109. The van der Waals surface area contributed by atoms with Gasteiger partial charge in [-0.2, -0.15) is 5.10 Å². The van der Waals surface area contributed by atoms with E-state index in [1.165, 1.54) is 0 Å². The molecule has 144 valence electrons. The maximum Gasteiger partial charge on any atom is 0.263 e. The Morgan fingerprint density at radius 2 is 1.93 bits per heavy atom. The Morgan fingerprint density at radius 1 is 1.11 bits per heavy atom. The number of hydrogen-bond donors (Lipinski definition) is 1. The first kappa shape index (κ1) is 19.3. The number of aryl methyl sites for hydroxylation is 1. The van der Waals surface area contributed by atoms with Crippen molar-refractivity contribution in [2.75, 3.05) is 11.9 Å². The molecule has 2 heterocycles. The molecule has 0 spiro atoms. The molecule has 1 amide bonds. The molecule has 0 atom stereocenters. The van der Waals surface area contributed by atoms with E-state index >= 15 is 0 Å². The highest BCUT2D eigenvalue weighted by Crippen LogP contribution is 2.14. The summed E-state index contributed by atoms with van der Waals surface area (Å²) in [7, 11) is 0. The van der Waals surface area contributed by atoms with E-state index in [1.54, 1.807) is 48.4 Å². The van der Waals surface area contributed by atoms with Crippen LogP contribution in [0.5, 0.6) is 5.75 Å². The number of benzene rings is 1. The number of nitrogens with one attached hydrogen (secondary N) is 1. The molecule has 28 heavy (non-hydrogen) atoms. The number of ketones is 1. The highest BCUT2D eigenvalue weighted by molar-refractivity contribution is 5.90. The third kappa shape index (κ3) is 6.05. The van der Waals surface area contributed by atoms with Gasteiger partial charge in [-0.1, -0.05) is 18.2 Å². The van der Waals surface area contributed by atoms with Gasteiger partial charge in [0.25, 0.3) is 5.91 Å². The molecule has 0 aliphatic carbocycles. The molecule has 1 N–H and O–H groups in total. The largest absolute Gasteiger partial charge is 0.484 e. The second-order valence-corrected chi connectivity index (χ2v) is 6.44. The third-order valence-electron chi connectivity index (χ3n) is 4.03. The number of carbonyl (C=O) groups excluding carboxylic acids is 2. The molecule has 7 heteroatoms. The van der Waals surface area contributed by atoms with Gasteiger partial charge in [-0.15, -0.1) is 0 Å². The van der Waals surface area contributed by atoms with E-state index in [-0.39, 0.29) is 18.3 Å². The lowest BCUT2D eigenvalue weighted by Gasteiger charge is -2.07. The lowest BCUT2D eigenvalue weighted by molar-refractivity contribution is -0.118. The van der Waals surface area contributed by atoms with Crippen molar-refractivity contribution in [2.24, 2.45) is 0 Å². The molecule has 0 radical (unpaired) electrons. The van der Waals surface area contributed by atoms with E-state index in [0.29, 0.717) is 31.0 Å². The van der Waals surface area contributed by atoms with Gasteiger partial charge in [-0.25, -0.2) is 0 Å². The normalized spacial score (nSPS) is 10.5. The van der Waals surface area contributed by atoms with Gasteiger partial charge in [0, 0.05) is 31.1 Å². The molecular weight excluding hydrogens is 356 g/mol. The van der Waals surface area contributed by atoms with Crippen LogP contribution in [0.3, 0.4) is 0 Å². The fraction of sp³-hybridized carbons (Fsp3) is 0.238. The Hall–Kier alpha value is -3.48. The van der Waals surface area contributed by atoms with Gasteiger partial charge in [0.1, 0.15) is 11.5 Å². The predicted molar refractivity (Wildman–Crippen MR) is 105 cm³/mol. The molecule has 1 aromatic carbocycles. The van der Waals surface area contributed by atoms with Crippen LogP contribution in [-0.4, -0.2) is 33.1 Å². The number of ether oxygens (including phenoxy) is 1. The Bertz CT molecular complexity index is 920. The molecule has 0 saturated carbocycles. The zero-order chi connectivity index (χ0) is 19.8. The van der Waals surface area contributed by atoms with Gasteiger partial charge in [-0.3, -0.25) is 14.5 Å². The Morgan fingerprint density at radius 3 is 2.64 bits per heavy atom. The highest BCUT2D eigenvalue weighted by atomic mass is 16.5. The summed E-state index contributed by atoms with van der Waals surface area (Å²) in [6.45, 7) is 2.05. The van der Waals surface area contributed by atoms with E-state index in [1.807, 2.05) is 24.3 Å². The fourth-order valence-corrected chi connectivity index (χ4v) is 2.60. The Kier molecular flexibility index (Phi) is 6.51. The summed E-state index contributed by atoms with van der Waals surface area (Å²) in [5.41, 5.74) is 2.09. The van der Waals surface area contributed by atoms with Crippen LogP contribution in [0.4, 0.5) is 5.82 Å². The standard InChI is InChI=1S/C21H22N4O3/c1-16(26)4-5-17-6-8-19(9-7-17)28-15-21(27)23-20-10-12-25(24-20)14-18-3-2-11-22-13-18/h2-3,6-13H,4-5,14-15H2,1H3,(H,23,24,27). The van der Waals surface area contributed by atoms with Crippen LogP contribution in [0.15, 0.2) is 61.1 Å². The van der Waals surface area contributed by atoms with Crippen molar-refractivity contribution in [2.45, 2.75) is 26.3 Å². The van der Waals surface area contributed by atoms with E-state index in [0.717, 1.165) is 11.1 Å². The summed E-state index contributed by atoms with van der Waals surface area (Å²) >= 11 is 0. The molecule has 0 bridgehead atoms. The van der Waals surface area contributed by atoms with Gasteiger partial charge in [0.15, 0.2) is 12.4 Å². The quantitative estimate of drug-likeness (QED) is 0.619. The fourth-order valence-electron chi connectivity index (χ4n) is 2.60. The van der Waals surface area contributed by atoms with Gasteiger partial charge < -0.3 is 14.8 Å². The number of hydrogen-bond acceptors (Lipinski definition) is 5. The van der Waals surface area contributed by atoms with Crippen LogP contribution in [0.2, 0.25) is 0 Å². The second-order valence-electron chi connectivity index (χ2n) is 6.44. The molecule has 7 nitrogen and oxygen atoms in total. The van der Waals surface area contributed by atoms with Gasteiger partial charge in [0.2, 0.25) is 0 Å². The predicted octanol–water partition coefficient (Wildman–Crippen LogP) is 2.87. The smallest absolute Gasteiger partial charge is 0.263 e. The maximum atomic E-state index is 12.1. The Balaban J connectivity index is 1.45. The van der Waals surface area contributed by atoms with Crippen molar-refractivity contribution in [1.82, 2.24) is 14.8 Å².